The third-order valence-electron chi connectivity index (χ3n) is 6.30. The van der Waals surface area contributed by atoms with Crippen LogP contribution in [0, 0.1) is 12.3 Å². The average molecular weight is 475 g/mol. The number of hydrogen-bond donors (Lipinski definition) is 2. The van der Waals surface area contributed by atoms with Crippen LogP contribution in [0.3, 0.4) is 0 Å². The first-order valence-electron chi connectivity index (χ1n) is 10.9. The minimum Gasteiger partial charge on any atom is -0.507 e. The Hall–Kier alpha value is -3.15. The van der Waals surface area contributed by atoms with E-state index < -0.39 is 5.92 Å². The lowest BCUT2D eigenvalue weighted by Gasteiger charge is -2.41. The van der Waals surface area contributed by atoms with Crippen molar-refractivity contribution in [2.75, 3.05) is 4.90 Å². The van der Waals surface area contributed by atoms with E-state index in [1.807, 2.05) is 73.0 Å². The lowest BCUT2D eigenvalue weighted by Crippen LogP contribution is -2.42. The van der Waals surface area contributed by atoms with Gasteiger partial charge in [0.1, 0.15) is 11.6 Å². The molecule has 0 spiro atoms. The number of thiophene rings is 1. The molecule has 6 heteroatoms. The molecule has 1 aromatic heterocycles. The number of hydrogen-bond acceptors (Lipinski definition) is 4. The molecule has 0 radical (unpaired) electrons. The van der Waals surface area contributed by atoms with Gasteiger partial charge in [-0.1, -0.05) is 54.1 Å². The molecule has 2 heterocycles. The number of Topliss-reactive ketones (excluding diaryl/α,β-unsaturated/α-hetero) is 1. The molecule has 1 unspecified atom stereocenters. The van der Waals surface area contributed by atoms with Crippen LogP contribution in [-0.4, -0.2) is 16.7 Å². The molecule has 4 nitrogen and oxygen atoms in total. The quantitative estimate of drug-likeness (QED) is 0.392. The number of allylic oxidation sites excluding steroid dienone is 2. The highest BCUT2D eigenvalue weighted by atomic mass is 35.5. The molecule has 0 saturated carbocycles. The van der Waals surface area contributed by atoms with E-state index in [9.17, 15) is 15.3 Å². The van der Waals surface area contributed by atoms with Crippen LogP contribution < -0.4 is 4.90 Å². The third-order valence-corrected chi connectivity index (χ3v) is 7.64. The molecular formula is C27H23ClN2O2S. The van der Waals surface area contributed by atoms with Crippen LogP contribution in [0.1, 0.15) is 41.2 Å². The molecule has 0 bridgehead atoms. The number of aliphatic hydroxyl groups is 1. The predicted molar refractivity (Wildman–Crippen MR) is 135 cm³/mol. The number of nitrogens with zero attached hydrogens (tertiary/aromatic N) is 1. The number of aryl methyl sites for hydroxylation is 1. The molecular weight excluding hydrogens is 452 g/mol. The second kappa shape index (κ2) is 8.65. The second-order valence-corrected chi connectivity index (χ2v) is 9.72. The van der Waals surface area contributed by atoms with Gasteiger partial charge in [0.15, 0.2) is 5.78 Å². The van der Waals surface area contributed by atoms with Crippen LogP contribution in [0.15, 0.2) is 82.9 Å². The summed E-state index contributed by atoms with van der Waals surface area (Å²) < 4.78 is 0. The van der Waals surface area contributed by atoms with Crippen LogP contribution in [0.4, 0.5) is 5.69 Å². The van der Waals surface area contributed by atoms with Crippen LogP contribution in [0.5, 0.6) is 0 Å². The fraction of sp³-hybridized carbons (Fsp3) is 0.185. The molecule has 1 aliphatic carbocycles. The minimum atomic E-state index is -0.474. The van der Waals surface area contributed by atoms with Gasteiger partial charge in [-0.2, -0.15) is 0 Å². The molecule has 0 saturated heterocycles. The Morgan fingerprint density at radius 3 is 2.61 bits per heavy atom. The van der Waals surface area contributed by atoms with Gasteiger partial charge in [0.05, 0.1) is 11.5 Å². The van der Waals surface area contributed by atoms with Crippen molar-refractivity contribution in [1.29, 1.82) is 5.41 Å². The molecule has 5 rings (SSSR count). The van der Waals surface area contributed by atoms with Crippen LogP contribution in [0.25, 0.3) is 5.76 Å². The highest BCUT2D eigenvalue weighted by Gasteiger charge is 2.43. The summed E-state index contributed by atoms with van der Waals surface area (Å²) in [4.78, 5) is 16.1. The van der Waals surface area contributed by atoms with Crippen molar-refractivity contribution in [2.45, 2.75) is 32.1 Å². The molecule has 2 N–H and O–H groups in total. The van der Waals surface area contributed by atoms with E-state index in [0.717, 1.165) is 28.2 Å². The maximum atomic E-state index is 13.4. The Kier molecular flexibility index (Phi) is 5.69. The van der Waals surface area contributed by atoms with Gasteiger partial charge in [0.2, 0.25) is 0 Å². The Balaban J connectivity index is 1.82. The summed E-state index contributed by atoms with van der Waals surface area (Å²) in [6.45, 7) is 1.93. The number of carbonyl (C=O) groups excluding carboxylic acids is 1. The van der Waals surface area contributed by atoms with Gasteiger partial charge in [-0.05, 0) is 48.9 Å². The predicted octanol–water partition coefficient (Wildman–Crippen LogP) is 7.27. The van der Waals surface area contributed by atoms with Crippen molar-refractivity contribution in [2.24, 2.45) is 0 Å². The number of anilines is 1. The Morgan fingerprint density at radius 2 is 1.91 bits per heavy atom. The van der Waals surface area contributed by atoms with E-state index in [4.69, 9.17) is 11.6 Å². The van der Waals surface area contributed by atoms with E-state index >= 15 is 0 Å². The number of amidine groups is 1. The van der Waals surface area contributed by atoms with Gasteiger partial charge in [0, 0.05) is 38.8 Å². The molecule has 3 aromatic rings. The fourth-order valence-electron chi connectivity index (χ4n) is 4.69. The molecule has 0 amide bonds. The minimum absolute atomic E-state index is 0.0205. The molecule has 1 aliphatic heterocycles. The van der Waals surface area contributed by atoms with Crippen LogP contribution in [-0.2, 0) is 4.79 Å². The van der Waals surface area contributed by atoms with Gasteiger partial charge >= 0.3 is 0 Å². The number of rotatable bonds is 3. The molecule has 2 aromatic carbocycles. The van der Waals surface area contributed by atoms with E-state index in [0.29, 0.717) is 34.6 Å². The number of carbonyl (C=O) groups is 1. The summed E-state index contributed by atoms with van der Waals surface area (Å²) in [6.07, 6.45) is 1.90. The van der Waals surface area contributed by atoms with Gasteiger partial charge < -0.3 is 5.11 Å². The third kappa shape index (κ3) is 3.71. The van der Waals surface area contributed by atoms with Gasteiger partial charge in [-0.15, -0.1) is 11.3 Å². The SMILES string of the molecule is Cc1ccc(N2C(=N)/C(=C(/O)c3ccccc3)C(c3cccs3)C3=C2CCCC3=O)cc1Cl. The second-order valence-electron chi connectivity index (χ2n) is 8.33. The van der Waals surface area contributed by atoms with Crippen molar-refractivity contribution < 1.29 is 9.90 Å². The van der Waals surface area contributed by atoms with Crippen molar-refractivity contribution in [3.05, 3.63) is 104 Å². The van der Waals surface area contributed by atoms with Crippen molar-refractivity contribution >= 4 is 46.0 Å². The Labute approximate surface area is 202 Å². The monoisotopic (exact) mass is 474 g/mol. The normalized spacial score (nSPS) is 20.2. The smallest absolute Gasteiger partial charge is 0.161 e. The topological polar surface area (TPSA) is 64.4 Å². The van der Waals surface area contributed by atoms with Crippen LogP contribution in [0.2, 0.25) is 5.02 Å². The zero-order chi connectivity index (χ0) is 23.1. The van der Waals surface area contributed by atoms with E-state index in [-0.39, 0.29) is 17.4 Å². The molecule has 1 atom stereocenters. The highest BCUT2D eigenvalue weighted by Crippen LogP contribution is 2.49. The standard InChI is InChI=1S/C27H23ClN2O2S/c1-16-12-13-18(15-19(16)28)30-20-9-5-10-21(31)23(20)24(22-11-6-14-33-22)25(27(30)29)26(32)17-7-3-2-4-8-17/h2-4,6-8,11-15,24,29,32H,5,9-10H2,1H3/b26-25+,29-27?. The summed E-state index contributed by atoms with van der Waals surface area (Å²) in [5, 5.41) is 23.3. The molecule has 33 heavy (non-hydrogen) atoms. The van der Waals surface area contributed by atoms with E-state index in [2.05, 4.69) is 0 Å². The maximum absolute atomic E-state index is 13.4. The molecule has 2 aliphatic rings. The first-order chi connectivity index (χ1) is 16.0. The molecule has 166 valence electrons. The first kappa shape index (κ1) is 21.7. The lowest BCUT2D eigenvalue weighted by molar-refractivity contribution is -0.116. The summed E-state index contributed by atoms with van der Waals surface area (Å²) in [5.74, 6) is -0.211. The number of nitrogens with one attached hydrogen (secondary N) is 1. The van der Waals surface area contributed by atoms with Crippen LogP contribution >= 0.6 is 22.9 Å². The number of aliphatic hydroxyl groups excluding tert-OH is 1. The summed E-state index contributed by atoms with van der Waals surface area (Å²) in [7, 11) is 0. The van der Waals surface area contributed by atoms with Crippen molar-refractivity contribution in [1.82, 2.24) is 0 Å². The average Bonchev–Trinajstić information content (AvgIpc) is 3.35. The van der Waals surface area contributed by atoms with Gasteiger partial charge in [-0.3, -0.25) is 15.1 Å². The summed E-state index contributed by atoms with van der Waals surface area (Å²) >= 11 is 7.99. The number of halogens is 1. The lowest BCUT2D eigenvalue weighted by atomic mass is 9.76. The van der Waals surface area contributed by atoms with E-state index in [1.54, 1.807) is 4.90 Å². The zero-order valence-corrected chi connectivity index (χ0v) is 19.7. The zero-order valence-electron chi connectivity index (χ0n) is 18.1. The number of benzene rings is 2. The largest absolute Gasteiger partial charge is 0.507 e. The number of ketones is 1. The first-order valence-corrected chi connectivity index (χ1v) is 12.2. The summed E-state index contributed by atoms with van der Waals surface area (Å²) in [6, 6.07) is 18.8. The Bertz CT molecular complexity index is 1310. The van der Waals surface area contributed by atoms with Gasteiger partial charge in [0.25, 0.3) is 0 Å². The van der Waals surface area contributed by atoms with Crippen molar-refractivity contribution in [3.63, 3.8) is 0 Å². The highest BCUT2D eigenvalue weighted by molar-refractivity contribution is 7.10. The Morgan fingerprint density at radius 1 is 1.12 bits per heavy atom. The van der Waals surface area contributed by atoms with Gasteiger partial charge in [-0.25, -0.2) is 0 Å². The maximum Gasteiger partial charge on any atom is 0.161 e. The van der Waals surface area contributed by atoms with E-state index in [1.165, 1.54) is 11.3 Å². The van der Waals surface area contributed by atoms with Crippen molar-refractivity contribution in [3.8, 4) is 0 Å². The summed E-state index contributed by atoms with van der Waals surface area (Å²) in [5.41, 5.74) is 4.23. The molecule has 0 fully saturated rings. The fourth-order valence-corrected chi connectivity index (χ4v) is 5.71.